The molecule has 3 rings (SSSR count). The highest BCUT2D eigenvalue weighted by atomic mass is 16.3. The molecule has 0 aromatic heterocycles. The number of carbonyl (C=O) groups excluding carboxylic acids is 1. The van der Waals surface area contributed by atoms with Gasteiger partial charge in [-0.1, -0.05) is 36.4 Å². The molecule has 1 saturated heterocycles. The number of benzene rings is 1. The minimum Gasteiger partial charge on any atom is -0.395 e. The van der Waals surface area contributed by atoms with Gasteiger partial charge in [0.05, 0.1) is 6.61 Å². The molecule has 0 unspecified atom stereocenters. The number of likely N-dealkylation sites (tertiary alicyclic amines) is 1. The van der Waals surface area contributed by atoms with Gasteiger partial charge in [0, 0.05) is 25.2 Å². The van der Waals surface area contributed by atoms with E-state index in [0.29, 0.717) is 6.54 Å². The molecule has 1 aliphatic heterocycles. The number of aliphatic hydroxyl groups is 1. The first kappa shape index (κ1) is 18.0. The van der Waals surface area contributed by atoms with Crippen molar-refractivity contribution in [1.29, 1.82) is 0 Å². The number of aliphatic hydroxyl groups excluding tert-OH is 1. The van der Waals surface area contributed by atoms with Crippen molar-refractivity contribution in [2.24, 2.45) is 0 Å². The normalized spacial score (nSPS) is 23.6. The van der Waals surface area contributed by atoms with Crippen LogP contribution in [0.25, 0.3) is 0 Å². The maximum absolute atomic E-state index is 12.1. The van der Waals surface area contributed by atoms with Gasteiger partial charge in [0.1, 0.15) is 0 Å². The van der Waals surface area contributed by atoms with Crippen LogP contribution in [-0.2, 0) is 13.1 Å². The highest BCUT2D eigenvalue weighted by Gasteiger charge is 2.24. The molecule has 2 aliphatic rings. The summed E-state index contributed by atoms with van der Waals surface area (Å²) in [6, 6.07) is 8.54. The molecule has 1 heterocycles. The van der Waals surface area contributed by atoms with Crippen molar-refractivity contribution >= 4 is 6.03 Å². The first-order chi connectivity index (χ1) is 12.3. The lowest BCUT2D eigenvalue weighted by Gasteiger charge is -2.24. The molecule has 1 aromatic rings. The van der Waals surface area contributed by atoms with Crippen LogP contribution in [0.4, 0.5) is 4.79 Å². The number of rotatable bonds is 6. The third-order valence-corrected chi connectivity index (χ3v) is 5.21. The van der Waals surface area contributed by atoms with Crippen LogP contribution < -0.4 is 10.6 Å². The van der Waals surface area contributed by atoms with Gasteiger partial charge in [-0.2, -0.15) is 0 Å². The zero-order valence-corrected chi connectivity index (χ0v) is 14.8. The van der Waals surface area contributed by atoms with E-state index in [2.05, 4.69) is 39.8 Å². The topological polar surface area (TPSA) is 64.6 Å². The highest BCUT2D eigenvalue weighted by Crippen LogP contribution is 2.21. The van der Waals surface area contributed by atoms with Gasteiger partial charge in [-0.15, -0.1) is 0 Å². The van der Waals surface area contributed by atoms with E-state index in [9.17, 15) is 9.90 Å². The molecule has 0 bridgehead atoms. The highest BCUT2D eigenvalue weighted by molar-refractivity contribution is 5.74. The largest absolute Gasteiger partial charge is 0.395 e. The summed E-state index contributed by atoms with van der Waals surface area (Å²) in [4.78, 5) is 14.5. The molecular formula is C20H29N3O2. The summed E-state index contributed by atoms with van der Waals surface area (Å²) in [6.45, 7) is 2.60. The van der Waals surface area contributed by atoms with Gasteiger partial charge in [0.25, 0.3) is 0 Å². The predicted octanol–water partition coefficient (Wildman–Crippen LogP) is 2.55. The third-order valence-electron chi connectivity index (χ3n) is 5.21. The molecule has 5 nitrogen and oxygen atoms in total. The van der Waals surface area contributed by atoms with Crippen molar-refractivity contribution < 1.29 is 9.90 Å². The molecular weight excluding hydrogens is 314 g/mol. The van der Waals surface area contributed by atoms with Crippen molar-refractivity contribution in [1.82, 2.24) is 15.5 Å². The molecule has 0 saturated carbocycles. The van der Waals surface area contributed by atoms with Gasteiger partial charge < -0.3 is 15.7 Å². The molecule has 0 radical (unpaired) electrons. The van der Waals surface area contributed by atoms with E-state index in [4.69, 9.17) is 0 Å². The molecule has 5 heteroatoms. The number of urea groups is 1. The van der Waals surface area contributed by atoms with E-state index >= 15 is 0 Å². The van der Waals surface area contributed by atoms with Crippen LogP contribution in [0.5, 0.6) is 0 Å². The van der Waals surface area contributed by atoms with Crippen molar-refractivity contribution in [3.63, 3.8) is 0 Å². The standard InChI is InChI=1S/C20H29N3O2/c24-15-19-11-6-12-23(19)14-17-8-5-4-7-16(17)13-21-20(25)22-18-9-2-1-3-10-18/h2,4-5,7-9,18-19,24H,1,3,6,10-15H2,(H2,21,22,25)/t18-,19-/m0/s1. The van der Waals surface area contributed by atoms with E-state index in [1.54, 1.807) is 0 Å². The molecule has 1 fully saturated rings. The Morgan fingerprint density at radius 2 is 2.04 bits per heavy atom. The minimum atomic E-state index is -0.110. The maximum atomic E-state index is 12.1. The Balaban J connectivity index is 1.54. The van der Waals surface area contributed by atoms with Crippen LogP contribution in [0.15, 0.2) is 36.4 Å². The second-order valence-corrected chi connectivity index (χ2v) is 7.01. The minimum absolute atomic E-state index is 0.110. The number of allylic oxidation sites excluding steroid dienone is 1. The lowest BCUT2D eigenvalue weighted by atomic mass is 10.0. The summed E-state index contributed by atoms with van der Waals surface area (Å²) < 4.78 is 0. The Morgan fingerprint density at radius 1 is 1.20 bits per heavy atom. The van der Waals surface area contributed by atoms with Gasteiger partial charge >= 0.3 is 6.03 Å². The van der Waals surface area contributed by atoms with Crippen molar-refractivity contribution in [2.75, 3.05) is 13.2 Å². The second kappa shape index (κ2) is 9.02. The van der Waals surface area contributed by atoms with Gasteiger partial charge in [0.15, 0.2) is 0 Å². The van der Waals surface area contributed by atoms with Crippen LogP contribution in [0.3, 0.4) is 0 Å². The Hall–Kier alpha value is -1.85. The van der Waals surface area contributed by atoms with Crippen molar-refractivity contribution in [3.8, 4) is 0 Å². The fourth-order valence-corrected chi connectivity index (χ4v) is 3.74. The summed E-state index contributed by atoms with van der Waals surface area (Å²) in [6.07, 6.45) is 9.68. The molecule has 2 amide bonds. The van der Waals surface area contributed by atoms with Crippen molar-refractivity contribution in [2.45, 2.75) is 57.3 Å². The summed E-state index contributed by atoms with van der Waals surface area (Å²) in [5.74, 6) is 0. The quantitative estimate of drug-likeness (QED) is 0.696. The van der Waals surface area contributed by atoms with Crippen LogP contribution in [0.1, 0.15) is 43.2 Å². The van der Waals surface area contributed by atoms with Gasteiger partial charge in [-0.05, 0) is 49.8 Å². The van der Waals surface area contributed by atoms with Gasteiger partial charge in [-0.25, -0.2) is 4.79 Å². The van der Waals surface area contributed by atoms with E-state index in [1.165, 1.54) is 5.56 Å². The Morgan fingerprint density at radius 3 is 2.80 bits per heavy atom. The SMILES string of the molecule is O=C(NCc1ccccc1CN1CCC[C@H]1CO)N[C@H]1C=CCCC1. The number of amides is 2. The smallest absolute Gasteiger partial charge is 0.315 e. The molecule has 1 aliphatic carbocycles. The second-order valence-electron chi connectivity index (χ2n) is 7.01. The van der Waals surface area contributed by atoms with Crippen LogP contribution in [0, 0.1) is 0 Å². The number of hydrogen-bond donors (Lipinski definition) is 3. The number of nitrogens with one attached hydrogen (secondary N) is 2. The molecule has 2 atom stereocenters. The average Bonchev–Trinajstić information content (AvgIpc) is 3.09. The first-order valence-corrected chi connectivity index (χ1v) is 9.39. The Kier molecular flexibility index (Phi) is 6.48. The third kappa shape index (κ3) is 5.06. The molecule has 25 heavy (non-hydrogen) atoms. The van der Waals surface area contributed by atoms with Crippen molar-refractivity contribution in [3.05, 3.63) is 47.5 Å². The zero-order valence-electron chi connectivity index (χ0n) is 14.8. The number of nitrogens with zero attached hydrogens (tertiary/aromatic N) is 1. The summed E-state index contributed by atoms with van der Waals surface area (Å²) in [7, 11) is 0. The monoisotopic (exact) mass is 343 g/mol. The van der Waals surface area contributed by atoms with Crippen LogP contribution in [-0.4, -0.2) is 41.3 Å². The van der Waals surface area contributed by atoms with Crippen LogP contribution in [0.2, 0.25) is 0 Å². The number of carbonyl (C=O) groups is 1. The van der Waals surface area contributed by atoms with E-state index in [-0.39, 0.29) is 24.7 Å². The van der Waals surface area contributed by atoms with Crippen LogP contribution >= 0.6 is 0 Å². The predicted molar refractivity (Wildman–Crippen MR) is 99.1 cm³/mol. The number of hydrogen-bond acceptors (Lipinski definition) is 3. The first-order valence-electron chi connectivity index (χ1n) is 9.39. The lowest BCUT2D eigenvalue weighted by Crippen LogP contribution is -2.41. The molecule has 136 valence electrons. The molecule has 3 N–H and O–H groups in total. The molecule has 0 spiro atoms. The van der Waals surface area contributed by atoms with E-state index in [0.717, 1.165) is 50.8 Å². The van der Waals surface area contributed by atoms with Gasteiger partial charge in [0.2, 0.25) is 0 Å². The lowest BCUT2D eigenvalue weighted by molar-refractivity contribution is 0.153. The fourth-order valence-electron chi connectivity index (χ4n) is 3.74. The molecule has 1 aromatic carbocycles. The average molecular weight is 343 g/mol. The van der Waals surface area contributed by atoms with E-state index < -0.39 is 0 Å². The van der Waals surface area contributed by atoms with Gasteiger partial charge in [-0.3, -0.25) is 4.90 Å². The fraction of sp³-hybridized carbons (Fsp3) is 0.550. The Labute approximate surface area is 150 Å². The Bertz CT molecular complexity index is 602. The summed E-state index contributed by atoms with van der Waals surface area (Å²) >= 11 is 0. The summed E-state index contributed by atoms with van der Waals surface area (Å²) in [5.41, 5.74) is 2.36. The zero-order chi connectivity index (χ0) is 17.5. The maximum Gasteiger partial charge on any atom is 0.315 e. The summed E-state index contributed by atoms with van der Waals surface area (Å²) in [5, 5.41) is 15.5. The van der Waals surface area contributed by atoms with E-state index in [1.807, 2.05) is 12.1 Å².